The molecule has 0 fully saturated rings. The lowest BCUT2D eigenvalue weighted by atomic mass is 10.2. The third-order valence-electron chi connectivity index (χ3n) is 1.59. The number of benzene rings is 1. The fourth-order valence-electron chi connectivity index (χ4n) is 0.937. The van der Waals surface area contributed by atoms with Crippen molar-refractivity contribution in [1.29, 1.82) is 0 Å². The number of nitrogens with one attached hydrogen (secondary N) is 1. The van der Waals surface area contributed by atoms with E-state index in [-0.39, 0.29) is 25.8 Å². The molecule has 16 heavy (non-hydrogen) atoms. The quantitative estimate of drug-likeness (QED) is 0.875. The maximum absolute atomic E-state index is 11.5. The van der Waals surface area contributed by atoms with Crippen LogP contribution < -0.4 is 5.32 Å². The summed E-state index contributed by atoms with van der Waals surface area (Å²) in [5, 5.41) is 12.0. The highest BCUT2D eigenvalue weighted by Crippen LogP contribution is 2.31. The van der Waals surface area contributed by atoms with Crippen LogP contribution in [0.5, 0.6) is 5.75 Å². The Balaban J connectivity index is 3.04. The minimum atomic E-state index is -0.624. The first kappa shape index (κ1) is 13.5. The summed E-state index contributed by atoms with van der Waals surface area (Å²) < 4.78 is -0.124. The van der Waals surface area contributed by atoms with E-state index < -0.39 is 5.91 Å². The van der Waals surface area contributed by atoms with Crippen molar-refractivity contribution in [2.45, 2.75) is 0 Å². The average Bonchev–Trinajstić information content (AvgIpc) is 2.19. The molecule has 1 amide bonds. The van der Waals surface area contributed by atoms with E-state index >= 15 is 0 Å². The predicted octanol–water partition coefficient (Wildman–Crippen LogP) is 3.71. The number of amides is 1. The highest BCUT2D eigenvalue weighted by Gasteiger charge is 2.14. The van der Waals surface area contributed by atoms with Gasteiger partial charge in [0.25, 0.3) is 5.91 Å². The number of phenols is 1. The van der Waals surface area contributed by atoms with Gasteiger partial charge in [0.05, 0.1) is 10.6 Å². The van der Waals surface area contributed by atoms with Gasteiger partial charge in [-0.05, 0) is 12.1 Å². The molecule has 0 bridgehead atoms. The van der Waals surface area contributed by atoms with Gasteiger partial charge < -0.3 is 10.4 Å². The third-order valence-corrected chi connectivity index (χ3v) is 2.31. The maximum Gasteiger partial charge on any atom is 0.259 e. The zero-order valence-electron chi connectivity index (χ0n) is 7.60. The largest absolute Gasteiger partial charge is 0.506 e. The van der Waals surface area contributed by atoms with Crippen molar-refractivity contribution < 1.29 is 9.90 Å². The molecule has 0 aromatic heterocycles. The van der Waals surface area contributed by atoms with Crippen molar-refractivity contribution in [3.05, 3.63) is 38.4 Å². The van der Waals surface area contributed by atoms with E-state index in [0.717, 1.165) is 6.20 Å². The number of rotatable bonds is 2. The van der Waals surface area contributed by atoms with Gasteiger partial charge in [-0.25, -0.2) is 0 Å². The number of hydrogen-bond acceptors (Lipinski definition) is 2. The number of aromatic hydroxyl groups is 1. The molecule has 0 saturated carbocycles. The lowest BCUT2D eigenvalue weighted by Crippen LogP contribution is -2.17. The van der Waals surface area contributed by atoms with E-state index in [1.165, 1.54) is 12.1 Å². The summed E-state index contributed by atoms with van der Waals surface area (Å²) >= 11 is 21.9. The van der Waals surface area contributed by atoms with Gasteiger partial charge in [-0.1, -0.05) is 46.4 Å². The van der Waals surface area contributed by atoms with Crippen molar-refractivity contribution >= 4 is 52.3 Å². The molecule has 0 heterocycles. The minimum absolute atomic E-state index is 0.0152. The van der Waals surface area contributed by atoms with E-state index in [1.807, 2.05) is 0 Å². The molecule has 1 aromatic rings. The standard InChI is InChI=1S/C9H5Cl4NO2/c10-4-1-5(8(15)6(11)2-4)9(16)14-3-7(12)13/h1-3,15H,(H,14,16). The number of phenolic OH excluding ortho intramolecular Hbond substituents is 1. The second-order valence-electron chi connectivity index (χ2n) is 2.69. The van der Waals surface area contributed by atoms with Gasteiger partial charge in [-0.15, -0.1) is 0 Å². The average molecular weight is 301 g/mol. The van der Waals surface area contributed by atoms with E-state index in [0.29, 0.717) is 0 Å². The van der Waals surface area contributed by atoms with Crippen LogP contribution in [0.3, 0.4) is 0 Å². The SMILES string of the molecule is O=C(NC=C(Cl)Cl)c1cc(Cl)cc(Cl)c1O. The Morgan fingerprint density at radius 3 is 2.50 bits per heavy atom. The summed E-state index contributed by atoms with van der Waals surface area (Å²) in [6, 6.07) is 2.59. The molecule has 0 aliphatic rings. The van der Waals surface area contributed by atoms with E-state index in [1.54, 1.807) is 0 Å². The van der Waals surface area contributed by atoms with Crippen molar-refractivity contribution in [1.82, 2.24) is 5.32 Å². The van der Waals surface area contributed by atoms with Crippen molar-refractivity contribution in [3.63, 3.8) is 0 Å². The number of hydrogen-bond donors (Lipinski definition) is 2. The van der Waals surface area contributed by atoms with E-state index in [4.69, 9.17) is 46.4 Å². The summed E-state index contributed by atoms with van der Waals surface area (Å²) in [7, 11) is 0. The van der Waals surface area contributed by atoms with Gasteiger partial charge in [0.1, 0.15) is 10.2 Å². The third kappa shape index (κ3) is 3.46. The van der Waals surface area contributed by atoms with Crippen LogP contribution in [0.4, 0.5) is 0 Å². The fourth-order valence-corrected chi connectivity index (χ4v) is 1.54. The lowest BCUT2D eigenvalue weighted by Gasteiger charge is -2.05. The second kappa shape index (κ2) is 5.64. The molecule has 0 aliphatic carbocycles. The van der Waals surface area contributed by atoms with Crippen LogP contribution in [0.15, 0.2) is 22.8 Å². The molecular weight excluding hydrogens is 296 g/mol. The topological polar surface area (TPSA) is 49.3 Å². The Morgan fingerprint density at radius 1 is 1.31 bits per heavy atom. The first-order chi connectivity index (χ1) is 7.41. The van der Waals surface area contributed by atoms with Gasteiger partial charge >= 0.3 is 0 Å². The zero-order valence-corrected chi connectivity index (χ0v) is 10.6. The van der Waals surface area contributed by atoms with Crippen LogP contribution in [0, 0.1) is 0 Å². The van der Waals surface area contributed by atoms with E-state index in [2.05, 4.69) is 5.32 Å². The van der Waals surface area contributed by atoms with Crippen LogP contribution in [0.2, 0.25) is 10.0 Å². The van der Waals surface area contributed by atoms with Gasteiger partial charge in [0.2, 0.25) is 0 Å². The Morgan fingerprint density at radius 2 is 1.94 bits per heavy atom. The number of carbonyl (C=O) groups is 1. The molecular formula is C9H5Cl4NO2. The predicted molar refractivity (Wildman–Crippen MR) is 65.4 cm³/mol. The molecule has 86 valence electrons. The highest BCUT2D eigenvalue weighted by molar-refractivity contribution is 6.55. The Bertz CT molecular complexity index is 455. The number of carbonyl (C=O) groups excluding carboxylic acids is 1. The molecule has 0 radical (unpaired) electrons. The molecule has 1 rings (SSSR count). The molecule has 7 heteroatoms. The molecule has 2 N–H and O–H groups in total. The molecule has 0 spiro atoms. The minimum Gasteiger partial charge on any atom is -0.506 e. The van der Waals surface area contributed by atoms with Crippen LogP contribution in [-0.2, 0) is 0 Å². The van der Waals surface area contributed by atoms with Gasteiger partial charge in [-0.3, -0.25) is 4.79 Å². The highest BCUT2D eigenvalue weighted by atomic mass is 35.5. The summed E-state index contributed by atoms with van der Waals surface area (Å²) in [6.07, 6.45) is 1.07. The summed E-state index contributed by atoms with van der Waals surface area (Å²) in [5.41, 5.74) is -0.0664. The van der Waals surface area contributed by atoms with Crippen LogP contribution in [-0.4, -0.2) is 11.0 Å². The van der Waals surface area contributed by atoms with Gasteiger partial charge in [0, 0.05) is 11.2 Å². The monoisotopic (exact) mass is 299 g/mol. The smallest absolute Gasteiger partial charge is 0.259 e. The van der Waals surface area contributed by atoms with Crippen LogP contribution in [0.25, 0.3) is 0 Å². The Kier molecular flexibility index (Phi) is 4.74. The molecule has 0 saturated heterocycles. The first-order valence-electron chi connectivity index (χ1n) is 3.92. The van der Waals surface area contributed by atoms with E-state index in [9.17, 15) is 9.90 Å². The molecule has 0 aliphatic heterocycles. The Hall–Kier alpha value is -0.610. The van der Waals surface area contributed by atoms with Crippen molar-refractivity contribution in [2.24, 2.45) is 0 Å². The lowest BCUT2D eigenvalue weighted by molar-refractivity contribution is 0.0967. The molecule has 0 atom stereocenters. The normalized spacial score (nSPS) is 9.75. The first-order valence-corrected chi connectivity index (χ1v) is 5.43. The fraction of sp³-hybridized carbons (Fsp3) is 0. The second-order valence-corrected chi connectivity index (χ2v) is 4.54. The van der Waals surface area contributed by atoms with Crippen molar-refractivity contribution in [3.8, 4) is 5.75 Å². The summed E-state index contributed by atoms with van der Waals surface area (Å²) in [5.74, 6) is -0.983. The molecule has 1 aromatic carbocycles. The van der Waals surface area contributed by atoms with Gasteiger partial charge in [0.15, 0.2) is 0 Å². The molecule has 3 nitrogen and oxygen atoms in total. The van der Waals surface area contributed by atoms with Gasteiger partial charge in [-0.2, -0.15) is 0 Å². The summed E-state index contributed by atoms with van der Waals surface area (Å²) in [4.78, 5) is 11.5. The van der Waals surface area contributed by atoms with Crippen molar-refractivity contribution in [2.75, 3.05) is 0 Å². The molecule has 0 unspecified atom stereocenters. The Labute approximate surface area is 112 Å². The summed E-state index contributed by atoms with van der Waals surface area (Å²) in [6.45, 7) is 0. The number of halogens is 4. The zero-order chi connectivity index (χ0) is 12.3. The van der Waals surface area contributed by atoms with Crippen LogP contribution in [0.1, 0.15) is 10.4 Å². The maximum atomic E-state index is 11.5. The van der Waals surface area contributed by atoms with Crippen LogP contribution >= 0.6 is 46.4 Å².